The molecule has 23 heavy (non-hydrogen) atoms. The molecule has 3 aromatic rings. The molecule has 2 amide bonds. The number of hydrogen-bond donors (Lipinski definition) is 1. The van der Waals surface area contributed by atoms with Crippen molar-refractivity contribution in [2.24, 2.45) is 0 Å². The van der Waals surface area contributed by atoms with Crippen LogP contribution < -0.4 is 10.2 Å². The van der Waals surface area contributed by atoms with Gasteiger partial charge in [0.2, 0.25) is 0 Å². The normalized spacial score (nSPS) is 10.1. The second kappa shape index (κ2) is 6.70. The van der Waals surface area contributed by atoms with Gasteiger partial charge in [-0.1, -0.05) is 24.3 Å². The fraction of sp³-hybridized carbons (Fsp3) is 0. The number of urea groups is 1. The van der Waals surface area contributed by atoms with Gasteiger partial charge < -0.3 is 5.32 Å². The van der Waals surface area contributed by atoms with E-state index in [0.717, 1.165) is 0 Å². The highest BCUT2D eigenvalue weighted by molar-refractivity contribution is 6.06. The maximum absolute atomic E-state index is 13.3. The van der Waals surface area contributed by atoms with E-state index >= 15 is 0 Å². The van der Waals surface area contributed by atoms with E-state index in [1.807, 2.05) is 30.3 Å². The number of carbonyl (C=O) groups is 1. The Hall–Kier alpha value is -3.21. The van der Waals surface area contributed by atoms with Gasteiger partial charge in [-0.2, -0.15) is 0 Å². The van der Waals surface area contributed by atoms with Crippen LogP contribution in [0.4, 0.5) is 26.2 Å². The van der Waals surface area contributed by atoms with Crippen molar-refractivity contribution in [1.82, 2.24) is 4.98 Å². The summed E-state index contributed by atoms with van der Waals surface area (Å²) in [6.45, 7) is 0. The average molecular weight is 307 g/mol. The molecule has 0 aliphatic carbocycles. The van der Waals surface area contributed by atoms with Crippen LogP contribution in [0.1, 0.15) is 0 Å². The van der Waals surface area contributed by atoms with Crippen LogP contribution in [-0.4, -0.2) is 11.0 Å². The summed E-state index contributed by atoms with van der Waals surface area (Å²) in [6.07, 6.45) is 3.23. The first-order chi connectivity index (χ1) is 11.2. The number of carbonyl (C=O) groups excluding carboxylic acids is 1. The fourth-order valence-electron chi connectivity index (χ4n) is 2.19. The van der Waals surface area contributed by atoms with E-state index in [1.165, 1.54) is 17.0 Å². The summed E-state index contributed by atoms with van der Waals surface area (Å²) in [6, 6.07) is 18.1. The van der Waals surface area contributed by atoms with Crippen molar-refractivity contribution in [3.05, 3.63) is 84.9 Å². The van der Waals surface area contributed by atoms with Crippen LogP contribution in [0.2, 0.25) is 0 Å². The molecule has 0 saturated carbocycles. The number of hydrogen-bond acceptors (Lipinski definition) is 2. The number of halogens is 1. The Balaban J connectivity index is 1.94. The molecule has 1 aromatic heterocycles. The third-order valence-electron chi connectivity index (χ3n) is 3.20. The van der Waals surface area contributed by atoms with Crippen LogP contribution in [0.25, 0.3) is 0 Å². The van der Waals surface area contributed by atoms with Crippen molar-refractivity contribution in [1.29, 1.82) is 0 Å². The van der Waals surface area contributed by atoms with Gasteiger partial charge in [0, 0.05) is 11.9 Å². The highest BCUT2D eigenvalue weighted by atomic mass is 19.1. The van der Waals surface area contributed by atoms with Gasteiger partial charge in [-0.15, -0.1) is 0 Å². The Morgan fingerprint density at radius 2 is 1.74 bits per heavy atom. The molecule has 4 nitrogen and oxygen atoms in total. The first-order valence-corrected chi connectivity index (χ1v) is 7.06. The van der Waals surface area contributed by atoms with E-state index in [1.54, 1.807) is 36.7 Å². The summed E-state index contributed by atoms with van der Waals surface area (Å²) in [7, 11) is 0. The Kier molecular flexibility index (Phi) is 4.29. The first kappa shape index (κ1) is 14.7. The SMILES string of the molecule is O=C(Nc1cccc(F)c1)N(c1ccccc1)c1cccnc1. The van der Waals surface area contributed by atoms with E-state index < -0.39 is 11.8 Å². The average Bonchev–Trinajstić information content (AvgIpc) is 2.57. The van der Waals surface area contributed by atoms with Crippen molar-refractivity contribution < 1.29 is 9.18 Å². The van der Waals surface area contributed by atoms with Crippen molar-refractivity contribution >= 4 is 23.1 Å². The molecule has 0 spiro atoms. The van der Waals surface area contributed by atoms with E-state index in [4.69, 9.17) is 0 Å². The quantitative estimate of drug-likeness (QED) is 0.769. The van der Waals surface area contributed by atoms with Crippen LogP contribution in [-0.2, 0) is 0 Å². The topological polar surface area (TPSA) is 45.2 Å². The third kappa shape index (κ3) is 3.52. The molecule has 2 aromatic carbocycles. The zero-order chi connectivity index (χ0) is 16.1. The Bertz CT molecular complexity index is 754. The summed E-state index contributed by atoms with van der Waals surface area (Å²) < 4.78 is 13.3. The lowest BCUT2D eigenvalue weighted by Gasteiger charge is -2.23. The maximum atomic E-state index is 13.3. The Morgan fingerprint density at radius 1 is 0.957 bits per heavy atom. The second-order valence-electron chi connectivity index (χ2n) is 4.82. The van der Waals surface area contributed by atoms with Crippen molar-refractivity contribution in [3.63, 3.8) is 0 Å². The van der Waals surface area contributed by atoms with Crippen molar-refractivity contribution in [3.8, 4) is 0 Å². The molecule has 114 valence electrons. The molecule has 0 radical (unpaired) electrons. The van der Waals surface area contributed by atoms with Gasteiger partial charge in [-0.25, -0.2) is 9.18 Å². The fourth-order valence-corrected chi connectivity index (χ4v) is 2.19. The molecule has 3 rings (SSSR count). The zero-order valence-corrected chi connectivity index (χ0v) is 12.2. The minimum absolute atomic E-state index is 0.389. The first-order valence-electron chi connectivity index (χ1n) is 7.06. The zero-order valence-electron chi connectivity index (χ0n) is 12.2. The monoisotopic (exact) mass is 307 g/mol. The predicted octanol–water partition coefficient (Wildman–Crippen LogP) is 4.59. The van der Waals surface area contributed by atoms with Gasteiger partial charge >= 0.3 is 6.03 Å². The number of para-hydroxylation sites is 1. The largest absolute Gasteiger partial charge is 0.330 e. The minimum Gasteiger partial charge on any atom is -0.307 e. The van der Waals surface area contributed by atoms with Crippen LogP contribution in [0.3, 0.4) is 0 Å². The van der Waals surface area contributed by atoms with Crippen molar-refractivity contribution in [2.75, 3.05) is 10.2 Å². The number of anilines is 3. The molecule has 1 heterocycles. The second-order valence-corrected chi connectivity index (χ2v) is 4.82. The number of nitrogens with zero attached hydrogens (tertiary/aromatic N) is 2. The summed E-state index contributed by atoms with van der Waals surface area (Å²) in [5.41, 5.74) is 1.70. The molecule has 0 aliphatic heterocycles. The van der Waals surface area contributed by atoms with Crippen LogP contribution in [0.5, 0.6) is 0 Å². The van der Waals surface area contributed by atoms with Crippen LogP contribution >= 0.6 is 0 Å². The van der Waals surface area contributed by atoms with Gasteiger partial charge in [-0.3, -0.25) is 9.88 Å². The van der Waals surface area contributed by atoms with Crippen LogP contribution in [0, 0.1) is 5.82 Å². The molecular formula is C18H14FN3O. The highest BCUT2D eigenvalue weighted by Crippen LogP contribution is 2.25. The van der Waals surface area contributed by atoms with E-state index in [-0.39, 0.29) is 0 Å². The number of nitrogens with one attached hydrogen (secondary N) is 1. The number of aromatic nitrogens is 1. The molecular weight excluding hydrogens is 293 g/mol. The molecule has 5 heteroatoms. The Morgan fingerprint density at radius 3 is 2.43 bits per heavy atom. The lowest BCUT2D eigenvalue weighted by Crippen LogP contribution is -2.30. The van der Waals surface area contributed by atoms with Crippen LogP contribution in [0.15, 0.2) is 79.1 Å². The van der Waals surface area contributed by atoms with Gasteiger partial charge in [-0.05, 0) is 42.5 Å². The summed E-state index contributed by atoms with van der Waals surface area (Å²) in [5.74, 6) is -0.407. The molecule has 0 saturated heterocycles. The van der Waals surface area contributed by atoms with Crippen molar-refractivity contribution in [2.45, 2.75) is 0 Å². The molecule has 0 fully saturated rings. The maximum Gasteiger partial charge on any atom is 0.330 e. The standard InChI is InChI=1S/C18H14FN3O/c19-14-6-4-7-15(12-14)21-18(23)22(16-8-2-1-3-9-16)17-10-5-11-20-13-17/h1-13H,(H,21,23). The number of benzene rings is 2. The number of amides is 2. The summed E-state index contributed by atoms with van der Waals surface area (Å²) >= 11 is 0. The number of pyridine rings is 1. The summed E-state index contributed by atoms with van der Waals surface area (Å²) in [5, 5.41) is 2.70. The highest BCUT2D eigenvalue weighted by Gasteiger charge is 2.18. The number of rotatable bonds is 3. The molecule has 0 atom stereocenters. The summed E-state index contributed by atoms with van der Waals surface area (Å²) in [4.78, 5) is 18.2. The van der Waals surface area contributed by atoms with E-state index in [0.29, 0.717) is 17.1 Å². The van der Waals surface area contributed by atoms with Gasteiger partial charge in [0.1, 0.15) is 5.82 Å². The Labute approximate surface area is 133 Å². The van der Waals surface area contributed by atoms with Gasteiger partial charge in [0.25, 0.3) is 0 Å². The molecule has 1 N–H and O–H groups in total. The predicted molar refractivity (Wildman–Crippen MR) is 88.2 cm³/mol. The molecule has 0 bridgehead atoms. The van der Waals surface area contributed by atoms with Gasteiger partial charge in [0.15, 0.2) is 0 Å². The molecule has 0 unspecified atom stereocenters. The van der Waals surface area contributed by atoms with E-state index in [9.17, 15) is 9.18 Å². The smallest absolute Gasteiger partial charge is 0.307 e. The third-order valence-corrected chi connectivity index (χ3v) is 3.20. The van der Waals surface area contributed by atoms with Gasteiger partial charge in [0.05, 0.1) is 17.6 Å². The molecule has 0 aliphatic rings. The minimum atomic E-state index is -0.407. The van der Waals surface area contributed by atoms with E-state index in [2.05, 4.69) is 10.3 Å². The lowest BCUT2D eigenvalue weighted by molar-refractivity contribution is 0.259. The lowest BCUT2D eigenvalue weighted by atomic mass is 10.2.